The predicted octanol–water partition coefficient (Wildman–Crippen LogP) is 1.73. The number of likely N-dealkylation sites (tertiary alicyclic amines) is 1. The third-order valence-corrected chi connectivity index (χ3v) is 5.59. The Labute approximate surface area is 155 Å². The van der Waals surface area contributed by atoms with Crippen LogP contribution in [0, 0.1) is 19.8 Å². The van der Waals surface area contributed by atoms with Gasteiger partial charge in [-0.1, -0.05) is 6.92 Å². The Morgan fingerprint density at radius 1 is 1.38 bits per heavy atom. The molecule has 1 N–H and O–H groups in total. The molecule has 1 fully saturated rings. The van der Waals surface area contributed by atoms with Gasteiger partial charge in [0, 0.05) is 51.4 Å². The average Bonchev–Trinajstić information content (AvgIpc) is 2.87. The molecule has 1 aromatic heterocycles. The molecule has 2 atom stereocenters. The lowest BCUT2D eigenvalue weighted by molar-refractivity contribution is -0.140. The normalized spacial score (nSPS) is 23.3. The van der Waals surface area contributed by atoms with E-state index in [1.165, 1.54) is 6.92 Å². The second-order valence-corrected chi connectivity index (χ2v) is 7.41. The highest BCUT2D eigenvalue weighted by Crippen LogP contribution is 2.31. The number of hydrogen-bond acceptors (Lipinski definition) is 5. The van der Waals surface area contributed by atoms with Crippen LogP contribution < -0.4 is 0 Å². The molecule has 2 heterocycles. The third kappa shape index (κ3) is 4.32. The molecule has 26 heavy (non-hydrogen) atoms. The summed E-state index contributed by atoms with van der Waals surface area (Å²) in [7, 11) is 1.63. The highest BCUT2D eigenvalue weighted by molar-refractivity contribution is 5.96. The molecular weight excluding hydrogens is 334 g/mol. The number of methoxy groups -OCH3 is 1. The van der Waals surface area contributed by atoms with E-state index in [0.29, 0.717) is 56.8 Å². The number of carbonyl (C=O) groups excluding carboxylic acids is 2. The molecule has 0 spiro atoms. The van der Waals surface area contributed by atoms with E-state index >= 15 is 0 Å². The minimum Gasteiger partial charge on any atom is -0.389 e. The molecule has 0 aliphatic carbocycles. The van der Waals surface area contributed by atoms with E-state index in [1.54, 1.807) is 11.8 Å². The van der Waals surface area contributed by atoms with E-state index in [0.717, 1.165) is 5.69 Å². The van der Waals surface area contributed by atoms with Gasteiger partial charge in [0.15, 0.2) is 5.78 Å². The number of aromatic nitrogens is 2. The van der Waals surface area contributed by atoms with Crippen LogP contribution in [0.4, 0.5) is 0 Å². The van der Waals surface area contributed by atoms with E-state index < -0.39 is 5.60 Å². The zero-order valence-corrected chi connectivity index (χ0v) is 16.5. The van der Waals surface area contributed by atoms with E-state index in [9.17, 15) is 14.7 Å². The molecule has 0 saturated carbocycles. The first-order valence-electron chi connectivity index (χ1n) is 9.23. The van der Waals surface area contributed by atoms with Gasteiger partial charge in [-0.25, -0.2) is 0 Å². The van der Waals surface area contributed by atoms with Gasteiger partial charge in [-0.3, -0.25) is 14.3 Å². The number of carbonyl (C=O) groups is 2. The summed E-state index contributed by atoms with van der Waals surface area (Å²) < 4.78 is 6.83. The number of rotatable bonds is 7. The highest BCUT2D eigenvalue weighted by atomic mass is 16.5. The Kier molecular flexibility index (Phi) is 6.58. The number of aryl methyl sites for hydroxylation is 2. The molecule has 1 amide bonds. The molecule has 1 aliphatic heterocycles. The fraction of sp³-hybridized carbons (Fsp3) is 0.737. The van der Waals surface area contributed by atoms with Crippen LogP contribution in [-0.4, -0.2) is 63.9 Å². The molecule has 1 aromatic rings. The number of Topliss-reactive ketones (excluding diaryl/α,β-unsaturated/α-hetero) is 1. The van der Waals surface area contributed by atoms with Gasteiger partial charge >= 0.3 is 0 Å². The summed E-state index contributed by atoms with van der Waals surface area (Å²) in [6.07, 6.45) is 1.49. The fourth-order valence-corrected chi connectivity index (χ4v) is 3.83. The molecular formula is C19H31N3O4. The lowest BCUT2D eigenvalue weighted by atomic mass is 9.80. The Balaban J connectivity index is 1.94. The smallest absolute Gasteiger partial charge is 0.224 e. The Hall–Kier alpha value is -1.73. The van der Waals surface area contributed by atoms with Crippen LogP contribution >= 0.6 is 0 Å². The van der Waals surface area contributed by atoms with E-state index in [-0.39, 0.29) is 17.6 Å². The first-order valence-corrected chi connectivity index (χ1v) is 9.23. The van der Waals surface area contributed by atoms with Gasteiger partial charge in [0.05, 0.1) is 16.9 Å². The van der Waals surface area contributed by atoms with Gasteiger partial charge in [-0.15, -0.1) is 0 Å². The minimum atomic E-state index is -0.765. The number of nitrogens with zero attached hydrogens (tertiary/aromatic N) is 3. The molecule has 2 rings (SSSR count). The van der Waals surface area contributed by atoms with Crippen LogP contribution in [0.2, 0.25) is 0 Å². The lowest BCUT2D eigenvalue weighted by Crippen LogP contribution is -2.53. The predicted molar refractivity (Wildman–Crippen MR) is 98.1 cm³/mol. The summed E-state index contributed by atoms with van der Waals surface area (Å²) >= 11 is 0. The summed E-state index contributed by atoms with van der Waals surface area (Å²) in [5.41, 5.74) is 1.40. The Morgan fingerprint density at radius 3 is 2.62 bits per heavy atom. The topological polar surface area (TPSA) is 84.7 Å². The van der Waals surface area contributed by atoms with Crippen molar-refractivity contribution >= 4 is 11.7 Å². The van der Waals surface area contributed by atoms with Gasteiger partial charge in [-0.2, -0.15) is 5.10 Å². The van der Waals surface area contributed by atoms with Crippen molar-refractivity contribution in [2.45, 2.75) is 59.1 Å². The van der Waals surface area contributed by atoms with Gasteiger partial charge in [-0.05, 0) is 33.6 Å². The quantitative estimate of drug-likeness (QED) is 0.744. The zero-order chi connectivity index (χ0) is 19.5. The van der Waals surface area contributed by atoms with Crippen molar-refractivity contribution < 1.29 is 19.4 Å². The molecule has 7 heteroatoms. The SMILES string of the molecule is COCC[C@]1(O)CCN(C(=O)CCn2nc(C)c(C(C)=O)c2C)C[C@H]1C. The van der Waals surface area contributed by atoms with Crippen molar-refractivity contribution in [3.63, 3.8) is 0 Å². The van der Waals surface area contributed by atoms with Gasteiger partial charge < -0.3 is 14.7 Å². The number of hydrogen-bond donors (Lipinski definition) is 1. The molecule has 0 bridgehead atoms. The second-order valence-electron chi connectivity index (χ2n) is 7.41. The molecule has 146 valence electrons. The maximum absolute atomic E-state index is 12.6. The van der Waals surface area contributed by atoms with Gasteiger partial charge in [0.25, 0.3) is 0 Å². The average molecular weight is 365 g/mol. The lowest BCUT2D eigenvalue weighted by Gasteiger charge is -2.43. The van der Waals surface area contributed by atoms with Gasteiger partial charge in [0.2, 0.25) is 5.91 Å². The summed E-state index contributed by atoms with van der Waals surface area (Å²) in [6, 6.07) is 0. The molecule has 7 nitrogen and oxygen atoms in total. The minimum absolute atomic E-state index is 0.00206. The van der Waals surface area contributed by atoms with Gasteiger partial charge in [0.1, 0.15) is 0 Å². The van der Waals surface area contributed by atoms with Crippen molar-refractivity contribution in [2.75, 3.05) is 26.8 Å². The largest absolute Gasteiger partial charge is 0.389 e. The van der Waals surface area contributed by atoms with Crippen LogP contribution in [-0.2, 0) is 16.1 Å². The molecule has 0 radical (unpaired) electrons. The van der Waals surface area contributed by atoms with Crippen molar-refractivity contribution in [1.82, 2.24) is 14.7 Å². The molecule has 1 aliphatic rings. The summed E-state index contributed by atoms with van der Waals surface area (Å²) in [5.74, 6) is 0.0636. The van der Waals surface area contributed by atoms with Crippen molar-refractivity contribution in [3.8, 4) is 0 Å². The van der Waals surface area contributed by atoms with Crippen LogP contribution in [0.1, 0.15) is 54.9 Å². The van der Waals surface area contributed by atoms with Crippen molar-refractivity contribution in [1.29, 1.82) is 0 Å². The van der Waals surface area contributed by atoms with E-state index in [1.807, 2.05) is 25.7 Å². The number of piperidine rings is 1. The maximum Gasteiger partial charge on any atom is 0.224 e. The molecule has 0 unspecified atom stereocenters. The molecule has 0 aromatic carbocycles. The standard InChI is InChI=1S/C19H31N3O4/c1-13-12-21(10-7-19(13,25)8-11-26-5)17(24)6-9-22-15(3)18(16(4)23)14(2)20-22/h13,25H,6-12H2,1-5H3/t13-,19-/m1/s1. The third-order valence-electron chi connectivity index (χ3n) is 5.59. The Morgan fingerprint density at radius 2 is 2.08 bits per heavy atom. The van der Waals surface area contributed by atoms with E-state index in [4.69, 9.17) is 4.74 Å². The number of amides is 1. The summed E-state index contributed by atoms with van der Waals surface area (Å²) in [5, 5.41) is 15.1. The van der Waals surface area contributed by atoms with Crippen LogP contribution in [0.5, 0.6) is 0 Å². The fourth-order valence-electron chi connectivity index (χ4n) is 3.83. The number of aliphatic hydroxyl groups is 1. The van der Waals surface area contributed by atoms with Crippen molar-refractivity contribution in [2.24, 2.45) is 5.92 Å². The van der Waals surface area contributed by atoms with Crippen LogP contribution in [0.25, 0.3) is 0 Å². The number of ether oxygens (including phenoxy) is 1. The molecule has 1 saturated heterocycles. The monoisotopic (exact) mass is 365 g/mol. The second kappa shape index (κ2) is 8.31. The maximum atomic E-state index is 12.6. The highest BCUT2D eigenvalue weighted by Gasteiger charge is 2.39. The number of ketones is 1. The van der Waals surface area contributed by atoms with E-state index in [2.05, 4.69) is 5.10 Å². The summed E-state index contributed by atoms with van der Waals surface area (Å²) in [4.78, 5) is 26.1. The summed E-state index contributed by atoms with van der Waals surface area (Å²) in [6.45, 7) is 9.27. The first-order chi connectivity index (χ1) is 12.2. The van der Waals surface area contributed by atoms with Crippen molar-refractivity contribution in [3.05, 3.63) is 17.0 Å². The van der Waals surface area contributed by atoms with Crippen LogP contribution in [0.15, 0.2) is 0 Å². The Bertz CT molecular complexity index is 670. The zero-order valence-electron chi connectivity index (χ0n) is 16.5. The van der Waals surface area contributed by atoms with Crippen LogP contribution in [0.3, 0.4) is 0 Å². The first kappa shape index (κ1) is 20.6.